The Labute approximate surface area is 120 Å². The van der Waals surface area contributed by atoms with Gasteiger partial charge in [-0.1, -0.05) is 29.3 Å². The molecule has 0 saturated heterocycles. The van der Waals surface area contributed by atoms with Gasteiger partial charge in [0.05, 0.1) is 15.7 Å². The minimum atomic E-state index is 0. The molecule has 17 heavy (non-hydrogen) atoms. The molecule has 0 bridgehead atoms. The lowest BCUT2D eigenvalue weighted by atomic mass is 10.2. The zero-order valence-electron chi connectivity index (χ0n) is 8.99. The molecule has 0 spiro atoms. The third-order valence-electron chi connectivity index (χ3n) is 2.87. The Morgan fingerprint density at radius 1 is 1.18 bits per heavy atom. The third-order valence-corrected chi connectivity index (χ3v) is 3.61. The van der Waals surface area contributed by atoms with E-state index in [1.807, 2.05) is 18.2 Å². The van der Waals surface area contributed by atoms with Crippen molar-refractivity contribution in [1.29, 1.82) is 0 Å². The van der Waals surface area contributed by atoms with E-state index < -0.39 is 0 Å². The van der Waals surface area contributed by atoms with Crippen molar-refractivity contribution in [3.05, 3.63) is 40.3 Å². The van der Waals surface area contributed by atoms with Gasteiger partial charge in [-0.3, -0.25) is 0 Å². The number of imidazole rings is 1. The highest BCUT2D eigenvalue weighted by Crippen LogP contribution is 2.29. The number of nitrogens with zero attached hydrogens (tertiary/aromatic N) is 2. The summed E-state index contributed by atoms with van der Waals surface area (Å²) in [6.07, 6.45) is 4.35. The lowest BCUT2D eigenvalue weighted by Crippen LogP contribution is -1.87. The largest absolute Gasteiger partial charge is 0.334 e. The summed E-state index contributed by atoms with van der Waals surface area (Å²) in [6, 6.07) is 5.62. The zero-order chi connectivity index (χ0) is 11.1. The minimum Gasteiger partial charge on any atom is -0.334 e. The van der Waals surface area contributed by atoms with Gasteiger partial charge < -0.3 is 4.57 Å². The number of benzene rings is 1. The van der Waals surface area contributed by atoms with E-state index in [0.29, 0.717) is 10.0 Å². The standard InChI is InChI=1S/C12H10Cl2N2.BrH/c13-9-4-3-8(6-10(9)14)11-7-16-5-1-2-12(16)15-11;/h3-4,6-7H,1-2,5H2;1H. The molecule has 0 atom stereocenters. The summed E-state index contributed by atoms with van der Waals surface area (Å²) in [5.74, 6) is 1.17. The monoisotopic (exact) mass is 332 g/mol. The summed E-state index contributed by atoms with van der Waals surface area (Å²) < 4.78 is 2.21. The second-order valence-electron chi connectivity index (χ2n) is 3.97. The summed E-state index contributed by atoms with van der Waals surface area (Å²) >= 11 is 11.9. The maximum atomic E-state index is 5.99. The van der Waals surface area contributed by atoms with Gasteiger partial charge in [-0.2, -0.15) is 0 Å². The molecule has 1 aromatic heterocycles. The molecule has 0 amide bonds. The first-order valence-electron chi connectivity index (χ1n) is 5.25. The fourth-order valence-corrected chi connectivity index (χ4v) is 2.35. The van der Waals surface area contributed by atoms with Crippen LogP contribution in [-0.4, -0.2) is 9.55 Å². The summed E-state index contributed by atoms with van der Waals surface area (Å²) in [5.41, 5.74) is 2.00. The highest BCUT2D eigenvalue weighted by Gasteiger charge is 2.14. The van der Waals surface area contributed by atoms with Crippen molar-refractivity contribution in [3.8, 4) is 11.3 Å². The molecule has 1 aliphatic heterocycles. The summed E-state index contributed by atoms with van der Waals surface area (Å²) in [7, 11) is 0. The maximum Gasteiger partial charge on any atom is 0.109 e. The summed E-state index contributed by atoms with van der Waals surface area (Å²) in [4.78, 5) is 4.59. The quantitative estimate of drug-likeness (QED) is 0.757. The van der Waals surface area contributed by atoms with Crippen LogP contribution < -0.4 is 0 Å². The van der Waals surface area contributed by atoms with Gasteiger partial charge in [-0.15, -0.1) is 17.0 Å². The number of rotatable bonds is 1. The normalized spacial score (nSPS) is 13.3. The minimum absolute atomic E-state index is 0. The Balaban J connectivity index is 0.00000108. The van der Waals surface area contributed by atoms with Crippen LogP contribution in [0.5, 0.6) is 0 Å². The highest BCUT2D eigenvalue weighted by atomic mass is 79.9. The number of hydrogen-bond acceptors (Lipinski definition) is 1. The first-order chi connectivity index (χ1) is 7.74. The topological polar surface area (TPSA) is 17.8 Å². The van der Waals surface area contributed by atoms with Gasteiger partial charge in [-0.05, 0) is 18.6 Å². The molecule has 5 heteroatoms. The van der Waals surface area contributed by atoms with Gasteiger partial charge in [0.15, 0.2) is 0 Å². The molecule has 3 rings (SSSR count). The molecule has 0 N–H and O–H groups in total. The van der Waals surface area contributed by atoms with Crippen LogP contribution in [0.3, 0.4) is 0 Å². The number of halogens is 3. The van der Waals surface area contributed by atoms with E-state index in [4.69, 9.17) is 23.2 Å². The lowest BCUT2D eigenvalue weighted by Gasteiger charge is -1.99. The molecule has 0 aliphatic carbocycles. The second-order valence-corrected chi connectivity index (χ2v) is 4.78. The molecule has 2 aromatic rings. The van der Waals surface area contributed by atoms with E-state index in [1.165, 1.54) is 12.2 Å². The van der Waals surface area contributed by atoms with Gasteiger partial charge in [-0.25, -0.2) is 4.98 Å². The molecule has 0 unspecified atom stereocenters. The fourth-order valence-electron chi connectivity index (χ4n) is 2.05. The van der Waals surface area contributed by atoms with Crippen molar-refractivity contribution >= 4 is 40.2 Å². The van der Waals surface area contributed by atoms with E-state index in [9.17, 15) is 0 Å². The molecule has 0 saturated carbocycles. The zero-order valence-corrected chi connectivity index (χ0v) is 12.2. The Morgan fingerprint density at radius 2 is 2.00 bits per heavy atom. The number of aromatic nitrogens is 2. The maximum absolute atomic E-state index is 5.99. The van der Waals surface area contributed by atoms with Gasteiger partial charge in [0.1, 0.15) is 5.82 Å². The van der Waals surface area contributed by atoms with Crippen molar-refractivity contribution < 1.29 is 0 Å². The van der Waals surface area contributed by atoms with Gasteiger partial charge in [0, 0.05) is 24.7 Å². The van der Waals surface area contributed by atoms with Crippen molar-refractivity contribution in [2.75, 3.05) is 0 Å². The van der Waals surface area contributed by atoms with Crippen LogP contribution in [0.25, 0.3) is 11.3 Å². The number of hydrogen-bond donors (Lipinski definition) is 0. The second kappa shape index (κ2) is 5.01. The highest BCUT2D eigenvalue weighted by molar-refractivity contribution is 8.93. The Hall–Kier alpha value is -0.510. The van der Waals surface area contributed by atoms with E-state index >= 15 is 0 Å². The molecule has 90 valence electrons. The predicted octanol–water partition coefficient (Wildman–Crippen LogP) is 4.38. The van der Waals surface area contributed by atoms with Crippen LogP contribution in [-0.2, 0) is 13.0 Å². The fraction of sp³-hybridized carbons (Fsp3) is 0.250. The molecule has 0 radical (unpaired) electrons. The van der Waals surface area contributed by atoms with Crippen molar-refractivity contribution in [1.82, 2.24) is 9.55 Å². The SMILES string of the molecule is Br.Clc1ccc(-c2cn3c(n2)CCC3)cc1Cl. The van der Waals surface area contributed by atoms with Crippen LogP contribution in [0.1, 0.15) is 12.2 Å². The van der Waals surface area contributed by atoms with E-state index in [0.717, 1.165) is 24.2 Å². The van der Waals surface area contributed by atoms with Crippen LogP contribution >= 0.6 is 40.2 Å². The molecule has 2 heterocycles. The predicted molar refractivity (Wildman–Crippen MR) is 76.3 cm³/mol. The van der Waals surface area contributed by atoms with Crippen molar-refractivity contribution in [2.45, 2.75) is 19.4 Å². The van der Waals surface area contributed by atoms with Crippen LogP contribution in [0, 0.1) is 0 Å². The van der Waals surface area contributed by atoms with Crippen molar-refractivity contribution in [2.24, 2.45) is 0 Å². The third kappa shape index (κ3) is 2.37. The van der Waals surface area contributed by atoms with Gasteiger partial charge in [0.25, 0.3) is 0 Å². The molecule has 0 fully saturated rings. The molecule has 2 nitrogen and oxygen atoms in total. The average molecular weight is 334 g/mol. The number of fused-ring (bicyclic) bond motifs is 1. The van der Waals surface area contributed by atoms with Crippen LogP contribution in [0.4, 0.5) is 0 Å². The summed E-state index contributed by atoms with van der Waals surface area (Å²) in [6.45, 7) is 1.07. The summed E-state index contributed by atoms with van der Waals surface area (Å²) in [5, 5.41) is 1.16. The molecule has 1 aliphatic rings. The first kappa shape index (κ1) is 12.9. The molecule has 1 aromatic carbocycles. The Morgan fingerprint density at radius 3 is 2.71 bits per heavy atom. The van der Waals surface area contributed by atoms with E-state index in [2.05, 4.69) is 15.7 Å². The number of aryl methyl sites for hydroxylation is 2. The Kier molecular flexibility index (Phi) is 3.81. The van der Waals surface area contributed by atoms with Crippen LogP contribution in [0.2, 0.25) is 10.0 Å². The van der Waals surface area contributed by atoms with Crippen molar-refractivity contribution in [3.63, 3.8) is 0 Å². The average Bonchev–Trinajstić information content (AvgIpc) is 2.81. The van der Waals surface area contributed by atoms with E-state index in [1.54, 1.807) is 0 Å². The lowest BCUT2D eigenvalue weighted by molar-refractivity contribution is 0.750. The first-order valence-corrected chi connectivity index (χ1v) is 6.01. The Bertz CT molecular complexity index is 530. The smallest absolute Gasteiger partial charge is 0.109 e. The molecular formula is C12H11BrCl2N2. The van der Waals surface area contributed by atoms with Crippen LogP contribution in [0.15, 0.2) is 24.4 Å². The van der Waals surface area contributed by atoms with Gasteiger partial charge >= 0.3 is 0 Å². The molecular weight excluding hydrogens is 323 g/mol. The van der Waals surface area contributed by atoms with E-state index in [-0.39, 0.29) is 17.0 Å². The van der Waals surface area contributed by atoms with Gasteiger partial charge in [0.2, 0.25) is 0 Å².